The average Bonchev–Trinajstić information content (AvgIpc) is 2.65. The topological polar surface area (TPSA) is 58.1 Å². The molecular formula is C23H24N4O. The zero-order chi connectivity index (χ0) is 19.7. The normalized spacial score (nSPS) is 13.2. The van der Waals surface area contributed by atoms with E-state index in [0.717, 1.165) is 41.0 Å². The standard InChI is InChI=1S/C23H24N4O/c1-15-11-16(2)13-19(12-15)25-23-24-17(3)14-20(26-23)22(28)27-10-6-8-18-7-4-5-9-21(18)27/h4-5,7,9,11-14H,6,8,10H2,1-3H3,(H,24,25,26). The summed E-state index contributed by atoms with van der Waals surface area (Å²) < 4.78 is 0. The van der Waals surface area contributed by atoms with Gasteiger partial charge in [0.2, 0.25) is 5.95 Å². The van der Waals surface area contributed by atoms with Crippen molar-refractivity contribution in [1.82, 2.24) is 9.97 Å². The Hall–Kier alpha value is -3.21. The van der Waals surface area contributed by atoms with Gasteiger partial charge in [0, 0.05) is 23.6 Å². The Morgan fingerprint density at radius 2 is 1.75 bits per heavy atom. The minimum absolute atomic E-state index is 0.0823. The quantitative estimate of drug-likeness (QED) is 0.721. The molecule has 1 aliphatic rings. The summed E-state index contributed by atoms with van der Waals surface area (Å²) in [6, 6.07) is 16.1. The highest BCUT2D eigenvalue weighted by Gasteiger charge is 2.24. The number of carbonyl (C=O) groups is 1. The summed E-state index contributed by atoms with van der Waals surface area (Å²) >= 11 is 0. The Morgan fingerprint density at radius 1 is 1.00 bits per heavy atom. The highest BCUT2D eigenvalue weighted by Crippen LogP contribution is 2.28. The minimum Gasteiger partial charge on any atom is -0.324 e. The van der Waals surface area contributed by atoms with E-state index in [1.54, 1.807) is 6.07 Å². The van der Waals surface area contributed by atoms with Gasteiger partial charge in [-0.2, -0.15) is 0 Å². The van der Waals surface area contributed by atoms with Crippen molar-refractivity contribution in [2.45, 2.75) is 33.6 Å². The summed E-state index contributed by atoms with van der Waals surface area (Å²) in [5.74, 6) is 0.361. The number of rotatable bonds is 3. The van der Waals surface area contributed by atoms with Gasteiger partial charge in [0.05, 0.1) is 0 Å². The third kappa shape index (κ3) is 3.74. The van der Waals surface area contributed by atoms with Crippen LogP contribution in [0.4, 0.5) is 17.3 Å². The Bertz CT molecular complexity index is 1020. The third-order valence-corrected chi connectivity index (χ3v) is 4.91. The molecule has 0 unspecified atom stereocenters. The van der Waals surface area contributed by atoms with E-state index < -0.39 is 0 Å². The van der Waals surface area contributed by atoms with Crippen LogP contribution in [0.2, 0.25) is 0 Å². The Morgan fingerprint density at radius 3 is 2.54 bits per heavy atom. The van der Waals surface area contributed by atoms with Gasteiger partial charge in [-0.15, -0.1) is 0 Å². The third-order valence-electron chi connectivity index (χ3n) is 4.91. The number of aromatic nitrogens is 2. The summed E-state index contributed by atoms with van der Waals surface area (Å²) in [6.07, 6.45) is 1.96. The number of fused-ring (bicyclic) bond motifs is 1. The van der Waals surface area contributed by atoms with E-state index in [4.69, 9.17) is 0 Å². The predicted molar refractivity (Wildman–Crippen MR) is 112 cm³/mol. The van der Waals surface area contributed by atoms with Crippen LogP contribution in [0.15, 0.2) is 48.5 Å². The first-order valence-electron chi connectivity index (χ1n) is 9.60. The fraction of sp³-hybridized carbons (Fsp3) is 0.261. The van der Waals surface area contributed by atoms with Crippen LogP contribution >= 0.6 is 0 Å². The molecule has 0 saturated carbocycles. The fourth-order valence-electron chi connectivity index (χ4n) is 3.79. The number of nitrogens with zero attached hydrogens (tertiary/aromatic N) is 3. The first-order valence-corrected chi connectivity index (χ1v) is 9.60. The number of aryl methyl sites for hydroxylation is 4. The molecule has 2 aromatic carbocycles. The number of carbonyl (C=O) groups excluding carboxylic acids is 1. The van der Waals surface area contributed by atoms with Gasteiger partial charge in [-0.25, -0.2) is 9.97 Å². The van der Waals surface area contributed by atoms with Crippen LogP contribution in [0.5, 0.6) is 0 Å². The highest BCUT2D eigenvalue weighted by molar-refractivity contribution is 6.05. The van der Waals surface area contributed by atoms with Gasteiger partial charge in [-0.05, 0) is 74.6 Å². The van der Waals surface area contributed by atoms with Crippen LogP contribution < -0.4 is 10.2 Å². The van der Waals surface area contributed by atoms with Gasteiger partial charge in [0.1, 0.15) is 5.69 Å². The zero-order valence-corrected chi connectivity index (χ0v) is 16.5. The average molecular weight is 372 g/mol. The van der Waals surface area contributed by atoms with E-state index >= 15 is 0 Å². The summed E-state index contributed by atoms with van der Waals surface area (Å²) in [4.78, 5) is 24.1. The molecule has 5 nitrogen and oxygen atoms in total. The van der Waals surface area contributed by atoms with Gasteiger partial charge in [0.15, 0.2) is 0 Å². The number of hydrogen-bond acceptors (Lipinski definition) is 4. The molecule has 2 heterocycles. The smallest absolute Gasteiger partial charge is 0.277 e. The molecule has 0 aliphatic carbocycles. The lowest BCUT2D eigenvalue weighted by Crippen LogP contribution is -2.36. The maximum Gasteiger partial charge on any atom is 0.277 e. The lowest BCUT2D eigenvalue weighted by atomic mass is 10.0. The maximum atomic E-state index is 13.2. The molecule has 0 spiro atoms. The van der Waals surface area contributed by atoms with Crippen molar-refractivity contribution in [3.05, 3.63) is 76.6 Å². The molecule has 1 N–H and O–H groups in total. The van der Waals surface area contributed by atoms with Crippen molar-refractivity contribution < 1.29 is 4.79 Å². The van der Waals surface area contributed by atoms with E-state index in [1.807, 2.05) is 42.2 Å². The highest BCUT2D eigenvalue weighted by atomic mass is 16.2. The summed E-state index contributed by atoms with van der Waals surface area (Å²) in [6.45, 7) is 6.70. The SMILES string of the molecule is Cc1cc(C)cc(Nc2nc(C)cc(C(=O)N3CCCc4ccccc43)n2)c1. The van der Waals surface area contributed by atoms with E-state index in [9.17, 15) is 4.79 Å². The zero-order valence-electron chi connectivity index (χ0n) is 16.5. The number of benzene rings is 2. The summed E-state index contributed by atoms with van der Waals surface area (Å²) in [5.41, 5.74) is 6.62. The van der Waals surface area contributed by atoms with Crippen molar-refractivity contribution in [1.29, 1.82) is 0 Å². The number of para-hydroxylation sites is 1. The van der Waals surface area contributed by atoms with Crippen molar-refractivity contribution in [3.8, 4) is 0 Å². The Labute approximate surface area is 165 Å². The van der Waals surface area contributed by atoms with Gasteiger partial charge < -0.3 is 10.2 Å². The van der Waals surface area contributed by atoms with Crippen LogP contribution in [-0.4, -0.2) is 22.4 Å². The second-order valence-corrected chi connectivity index (χ2v) is 7.41. The lowest BCUT2D eigenvalue weighted by Gasteiger charge is -2.29. The minimum atomic E-state index is -0.0823. The molecule has 5 heteroatoms. The van der Waals surface area contributed by atoms with E-state index in [0.29, 0.717) is 18.2 Å². The van der Waals surface area contributed by atoms with Crippen LogP contribution in [0.3, 0.4) is 0 Å². The Kier molecular flexibility index (Phi) is 4.82. The molecule has 4 rings (SSSR count). The molecule has 142 valence electrons. The number of anilines is 3. The molecule has 0 radical (unpaired) electrons. The second kappa shape index (κ2) is 7.43. The molecule has 3 aromatic rings. The first-order chi connectivity index (χ1) is 13.5. The van der Waals surface area contributed by atoms with Crippen molar-refractivity contribution in [2.75, 3.05) is 16.8 Å². The Balaban J connectivity index is 1.65. The van der Waals surface area contributed by atoms with Crippen LogP contribution in [0.1, 0.15) is 39.3 Å². The summed E-state index contributed by atoms with van der Waals surface area (Å²) in [5, 5.41) is 3.25. The van der Waals surface area contributed by atoms with Gasteiger partial charge in [-0.3, -0.25) is 4.79 Å². The molecule has 1 aliphatic heterocycles. The van der Waals surface area contributed by atoms with E-state index in [-0.39, 0.29) is 5.91 Å². The van der Waals surface area contributed by atoms with E-state index in [1.165, 1.54) is 5.56 Å². The fourth-order valence-corrected chi connectivity index (χ4v) is 3.79. The largest absolute Gasteiger partial charge is 0.324 e. The first kappa shape index (κ1) is 18.2. The van der Waals surface area contributed by atoms with Crippen LogP contribution in [0, 0.1) is 20.8 Å². The number of amides is 1. The van der Waals surface area contributed by atoms with Gasteiger partial charge in [0.25, 0.3) is 5.91 Å². The molecule has 0 fully saturated rings. The molecule has 0 saturated heterocycles. The lowest BCUT2D eigenvalue weighted by molar-refractivity contribution is 0.0980. The number of hydrogen-bond donors (Lipinski definition) is 1. The van der Waals surface area contributed by atoms with Crippen molar-refractivity contribution in [2.24, 2.45) is 0 Å². The maximum absolute atomic E-state index is 13.2. The molecule has 28 heavy (non-hydrogen) atoms. The monoisotopic (exact) mass is 372 g/mol. The molecule has 0 bridgehead atoms. The number of nitrogens with one attached hydrogen (secondary N) is 1. The van der Waals surface area contributed by atoms with Crippen molar-refractivity contribution in [3.63, 3.8) is 0 Å². The molecule has 1 amide bonds. The molecular weight excluding hydrogens is 348 g/mol. The molecule has 0 atom stereocenters. The van der Waals surface area contributed by atoms with Gasteiger partial charge >= 0.3 is 0 Å². The molecule has 1 aromatic heterocycles. The van der Waals surface area contributed by atoms with Crippen LogP contribution in [0.25, 0.3) is 0 Å². The predicted octanol–water partition coefficient (Wildman–Crippen LogP) is 4.74. The van der Waals surface area contributed by atoms with E-state index in [2.05, 4.69) is 41.3 Å². The second-order valence-electron chi connectivity index (χ2n) is 7.41. The van der Waals surface area contributed by atoms with Gasteiger partial charge in [-0.1, -0.05) is 24.3 Å². The van der Waals surface area contributed by atoms with Crippen LogP contribution in [-0.2, 0) is 6.42 Å². The summed E-state index contributed by atoms with van der Waals surface area (Å²) in [7, 11) is 0. The van der Waals surface area contributed by atoms with Crippen molar-refractivity contribution >= 4 is 23.2 Å².